The van der Waals surface area contributed by atoms with Gasteiger partial charge in [0.1, 0.15) is 5.82 Å². The van der Waals surface area contributed by atoms with Crippen molar-refractivity contribution in [3.8, 4) is 0 Å². The van der Waals surface area contributed by atoms with Crippen LogP contribution in [0, 0.1) is 5.92 Å². The van der Waals surface area contributed by atoms with Crippen LogP contribution in [0.4, 0.5) is 0 Å². The van der Waals surface area contributed by atoms with E-state index in [9.17, 15) is 4.79 Å². The summed E-state index contributed by atoms with van der Waals surface area (Å²) in [4.78, 5) is 18.9. The van der Waals surface area contributed by atoms with Crippen LogP contribution in [0.15, 0.2) is 29.2 Å². The summed E-state index contributed by atoms with van der Waals surface area (Å²) in [7, 11) is 0. The van der Waals surface area contributed by atoms with Gasteiger partial charge in [0.15, 0.2) is 0 Å². The Morgan fingerprint density at radius 2 is 2.25 bits per heavy atom. The van der Waals surface area contributed by atoms with Crippen LogP contribution < -0.4 is 0 Å². The molecule has 0 spiro atoms. The molecule has 6 heteroatoms. The third kappa shape index (κ3) is 2.11. The molecule has 0 saturated heterocycles. The number of hydrogen-bond donors (Lipinski definition) is 0. The van der Waals surface area contributed by atoms with Crippen LogP contribution >= 0.6 is 0 Å². The number of hydrogen-bond acceptors (Lipinski definition) is 4. The molecule has 1 unspecified atom stereocenters. The average Bonchev–Trinajstić information content (AvgIpc) is 3.06. The first-order chi connectivity index (χ1) is 9.68. The number of imidazole rings is 1. The highest BCUT2D eigenvalue weighted by Gasteiger charge is 2.34. The summed E-state index contributed by atoms with van der Waals surface area (Å²) in [5, 5.41) is 3.62. The zero-order chi connectivity index (χ0) is 14.1. The van der Waals surface area contributed by atoms with Gasteiger partial charge in [-0.3, -0.25) is 4.79 Å². The minimum Gasteiger partial charge on any atom is -0.351 e. The van der Waals surface area contributed by atoms with E-state index < -0.39 is 0 Å². The molecular weight excluding hydrogens is 256 g/mol. The van der Waals surface area contributed by atoms with Crippen LogP contribution in [0.1, 0.15) is 42.7 Å². The molecule has 1 amide bonds. The summed E-state index contributed by atoms with van der Waals surface area (Å²) in [6.07, 6.45) is 6.18. The van der Waals surface area contributed by atoms with E-state index in [4.69, 9.17) is 4.52 Å². The van der Waals surface area contributed by atoms with Gasteiger partial charge in [0.2, 0.25) is 5.76 Å². The Morgan fingerprint density at radius 3 is 2.95 bits per heavy atom. The summed E-state index contributed by atoms with van der Waals surface area (Å²) < 4.78 is 7.16. The molecule has 0 bridgehead atoms. The molecular formula is C14H18N4O2. The van der Waals surface area contributed by atoms with E-state index in [0.29, 0.717) is 6.54 Å². The van der Waals surface area contributed by atoms with E-state index in [0.717, 1.165) is 18.8 Å². The largest absolute Gasteiger partial charge is 0.351 e. The van der Waals surface area contributed by atoms with Gasteiger partial charge in [0, 0.05) is 31.5 Å². The van der Waals surface area contributed by atoms with Crippen molar-refractivity contribution in [2.45, 2.75) is 32.9 Å². The van der Waals surface area contributed by atoms with Crippen molar-refractivity contribution < 1.29 is 9.32 Å². The molecule has 3 heterocycles. The highest BCUT2D eigenvalue weighted by molar-refractivity contribution is 5.91. The van der Waals surface area contributed by atoms with Crippen molar-refractivity contribution in [3.63, 3.8) is 0 Å². The van der Waals surface area contributed by atoms with Crippen LogP contribution in [0.25, 0.3) is 0 Å². The Balaban J connectivity index is 1.99. The molecule has 6 nitrogen and oxygen atoms in total. The minimum atomic E-state index is -0.113. The maximum Gasteiger partial charge on any atom is 0.293 e. The third-order valence-corrected chi connectivity index (χ3v) is 3.69. The fourth-order valence-electron chi connectivity index (χ4n) is 2.82. The maximum atomic E-state index is 12.6. The first-order valence-electron chi connectivity index (χ1n) is 6.91. The van der Waals surface area contributed by atoms with Gasteiger partial charge >= 0.3 is 0 Å². The van der Waals surface area contributed by atoms with Gasteiger partial charge in [-0.15, -0.1) is 0 Å². The van der Waals surface area contributed by atoms with E-state index in [1.807, 2.05) is 11.1 Å². The SMILES string of the molecule is CC(C)C1c2nccn2CCCN1C(=O)c1ccno1. The highest BCUT2D eigenvalue weighted by atomic mass is 16.5. The molecule has 1 aliphatic heterocycles. The molecule has 0 aromatic carbocycles. The summed E-state index contributed by atoms with van der Waals surface area (Å²) in [6, 6.07) is 1.57. The first-order valence-corrected chi connectivity index (χ1v) is 6.91. The number of rotatable bonds is 2. The Kier molecular flexibility index (Phi) is 3.30. The lowest BCUT2D eigenvalue weighted by molar-refractivity contribution is 0.0580. The zero-order valence-electron chi connectivity index (χ0n) is 11.7. The second-order valence-corrected chi connectivity index (χ2v) is 5.40. The molecule has 2 aromatic heterocycles. The average molecular weight is 274 g/mol. The number of fused-ring (bicyclic) bond motifs is 1. The minimum absolute atomic E-state index is 0.0369. The van der Waals surface area contributed by atoms with Gasteiger partial charge in [0.05, 0.1) is 12.2 Å². The number of amides is 1. The van der Waals surface area contributed by atoms with Gasteiger partial charge in [0.25, 0.3) is 5.91 Å². The smallest absolute Gasteiger partial charge is 0.293 e. The predicted molar refractivity (Wildman–Crippen MR) is 72.0 cm³/mol. The lowest BCUT2D eigenvalue weighted by Crippen LogP contribution is -2.37. The van der Waals surface area contributed by atoms with E-state index in [1.54, 1.807) is 12.3 Å². The number of carbonyl (C=O) groups excluding carboxylic acids is 1. The normalized spacial score (nSPS) is 18.9. The van der Waals surface area contributed by atoms with Crippen LogP contribution in [0.2, 0.25) is 0 Å². The predicted octanol–water partition coefficient (Wildman–Crippen LogP) is 2.11. The zero-order valence-corrected chi connectivity index (χ0v) is 11.7. The molecule has 1 atom stereocenters. The fraction of sp³-hybridized carbons (Fsp3) is 0.500. The Labute approximate surface area is 117 Å². The van der Waals surface area contributed by atoms with Crippen molar-refractivity contribution in [1.82, 2.24) is 19.6 Å². The topological polar surface area (TPSA) is 64.2 Å². The monoisotopic (exact) mass is 274 g/mol. The standard InChI is InChI=1S/C14H18N4O2/c1-10(2)12-13-15-6-9-17(13)7-3-8-18(12)14(19)11-4-5-16-20-11/h4-6,9-10,12H,3,7-8H2,1-2H3. The van der Waals surface area contributed by atoms with Crippen molar-refractivity contribution in [2.75, 3.05) is 6.54 Å². The van der Waals surface area contributed by atoms with E-state index in [-0.39, 0.29) is 23.6 Å². The van der Waals surface area contributed by atoms with Crippen molar-refractivity contribution in [3.05, 3.63) is 36.2 Å². The second kappa shape index (κ2) is 5.11. The maximum absolute atomic E-state index is 12.6. The Bertz CT molecular complexity index is 588. The summed E-state index contributed by atoms with van der Waals surface area (Å²) in [6.45, 7) is 5.80. The number of carbonyl (C=O) groups is 1. The van der Waals surface area contributed by atoms with Crippen molar-refractivity contribution in [1.29, 1.82) is 0 Å². The van der Waals surface area contributed by atoms with Crippen molar-refractivity contribution >= 4 is 5.91 Å². The Hall–Kier alpha value is -2.11. The van der Waals surface area contributed by atoms with Gasteiger partial charge in [-0.25, -0.2) is 4.98 Å². The lowest BCUT2D eigenvalue weighted by Gasteiger charge is -2.31. The molecule has 0 N–H and O–H groups in total. The van der Waals surface area contributed by atoms with E-state index >= 15 is 0 Å². The van der Waals surface area contributed by atoms with Gasteiger partial charge in [-0.2, -0.15) is 0 Å². The molecule has 106 valence electrons. The number of aryl methyl sites for hydroxylation is 1. The van der Waals surface area contributed by atoms with Crippen LogP contribution in [0.3, 0.4) is 0 Å². The van der Waals surface area contributed by atoms with E-state index in [2.05, 4.69) is 28.6 Å². The molecule has 0 fully saturated rings. The number of nitrogens with zero attached hydrogens (tertiary/aromatic N) is 4. The quantitative estimate of drug-likeness (QED) is 0.841. The summed E-state index contributed by atoms with van der Waals surface area (Å²) in [5.41, 5.74) is 0. The van der Waals surface area contributed by atoms with Crippen LogP contribution in [0.5, 0.6) is 0 Å². The molecule has 2 aromatic rings. The van der Waals surface area contributed by atoms with Crippen LogP contribution in [-0.4, -0.2) is 32.1 Å². The molecule has 0 saturated carbocycles. The highest BCUT2D eigenvalue weighted by Crippen LogP contribution is 2.31. The van der Waals surface area contributed by atoms with Gasteiger partial charge in [-0.1, -0.05) is 19.0 Å². The molecule has 1 aliphatic rings. The molecule has 0 aliphatic carbocycles. The van der Waals surface area contributed by atoms with Gasteiger partial charge < -0.3 is 14.0 Å². The van der Waals surface area contributed by atoms with Crippen molar-refractivity contribution in [2.24, 2.45) is 5.92 Å². The number of aromatic nitrogens is 3. The van der Waals surface area contributed by atoms with Gasteiger partial charge in [-0.05, 0) is 12.3 Å². The molecule has 3 rings (SSSR count). The van der Waals surface area contributed by atoms with Crippen LogP contribution in [-0.2, 0) is 6.54 Å². The third-order valence-electron chi connectivity index (χ3n) is 3.69. The lowest BCUT2D eigenvalue weighted by atomic mass is 10.0. The molecule has 20 heavy (non-hydrogen) atoms. The Morgan fingerprint density at radius 1 is 1.40 bits per heavy atom. The summed E-state index contributed by atoms with van der Waals surface area (Å²) >= 11 is 0. The fourth-order valence-corrected chi connectivity index (χ4v) is 2.82. The second-order valence-electron chi connectivity index (χ2n) is 5.40. The van der Waals surface area contributed by atoms with E-state index in [1.165, 1.54) is 6.20 Å². The molecule has 0 radical (unpaired) electrons. The summed E-state index contributed by atoms with van der Waals surface area (Å²) in [5.74, 6) is 1.40. The first kappa shape index (κ1) is 12.9.